The van der Waals surface area contributed by atoms with Crippen molar-refractivity contribution in [3.05, 3.63) is 0 Å². The molecule has 1 nitrogen and oxygen atoms in total. The zero-order valence-corrected chi connectivity index (χ0v) is 7.69. The number of hydrogen-bond acceptors (Lipinski definition) is 1. The van der Waals surface area contributed by atoms with Crippen LogP contribution in [0.15, 0.2) is 0 Å². The molecule has 10 heavy (non-hydrogen) atoms. The summed E-state index contributed by atoms with van der Waals surface area (Å²) >= 11 is 0. The third kappa shape index (κ3) is 10.9. The first-order valence-corrected chi connectivity index (χ1v) is 4.45. The minimum Gasteiger partial charge on any atom is -0.400 e. The van der Waals surface area contributed by atoms with Crippen LogP contribution in [-0.2, 0) is 0 Å². The molecule has 1 saturated carbocycles. The molecular formula is C9H22O. The largest absolute Gasteiger partial charge is 0.400 e. The molecule has 1 rings (SSSR count). The van der Waals surface area contributed by atoms with E-state index in [2.05, 4.69) is 0 Å². The van der Waals surface area contributed by atoms with Gasteiger partial charge in [0.1, 0.15) is 0 Å². The van der Waals surface area contributed by atoms with Gasteiger partial charge in [-0.25, -0.2) is 0 Å². The van der Waals surface area contributed by atoms with Crippen LogP contribution >= 0.6 is 0 Å². The van der Waals surface area contributed by atoms with Gasteiger partial charge in [0.25, 0.3) is 0 Å². The Morgan fingerprint density at radius 2 is 0.700 bits per heavy atom. The van der Waals surface area contributed by atoms with E-state index in [1.165, 1.54) is 38.5 Å². The van der Waals surface area contributed by atoms with Crippen LogP contribution < -0.4 is 0 Å². The van der Waals surface area contributed by atoms with Gasteiger partial charge in [-0.3, -0.25) is 0 Å². The highest BCUT2D eigenvalue weighted by molar-refractivity contribution is 4.51. The second-order valence-electron chi connectivity index (χ2n) is 2.12. The van der Waals surface area contributed by atoms with Crippen molar-refractivity contribution in [2.24, 2.45) is 0 Å². The fraction of sp³-hybridized carbons (Fsp3) is 1.00. The topological polar surface area (TPSA) is 20.2 Å². The van der Waals surface area contributed by atoms with Crippen molar-refractivity contribution in [2.45, 2.75) is 52.4 Å². The molecule has 1 fully saturated rings. The van der Waals surface area contributed by atoms with Gasteiger partial charge in [-0.2, -0.15) is 0 Å². The van der Waals surface area contributed by atoms with Crippen LogP contribution in [0.25, 0.3) is 0 Å². The minimum absolute atomic E-state index is 1.00. The third-order valence-electron chi connectivity index (χ3n) is 1.50. The van der Waals surface area contributed by atoms with E-state index in [1.807, 2.05) is 13.8 Å². The maximum Gasteiger partial charge on any atom is 0.0319 e. The molecule has 0 unspecified atom stereocenters. The maximum absolute atomic E-state index is 7.00. The Balaban J connectivity index is 0. The lowest BCUT2D eigenvalue weighted by molar-refractivity contribution is 0.399. The zero-order valence-electron chi connectivity index (χ0n) is 7.69. The Morgan fingerprint density at radius 3 is 0.800 bits per heavy atom. The van der Waals surface area contributed by atoms with E-state index in [4.69, 9.17) is 5.11 Å². The number of hydrogen-bond donors (Lipinski definition) is 1. The molecule has 1 aliphatic carbocycles. The van der Waals surface area contributed by atoms with E-state index < -0.39 is 0 Å². The minimum atomic E-state index is 1.00. The van der Waals surface area contributed by atoms with Gasteiger partial charge in [0.2, 0.25) is 0 Å². The lowest BCUT2D eigenvalue weighted by atomic mass is 10.0. The number of aliphatic hydroxyl groups excluding tert-OH is 1. The molecule has 0 aromatic heterocycles. The molecule has 1 aliphatic rings. The molecule has 0 aromatic rings. The van der Waals surface area contributed by atoms with Gasteiger partial charge in [-0.05, 0) is 0 Å². The molecule has 1 heteroatoms. The number of aliphatic hydroxyl groups is 1. The van der Waals surface area contributed by atoms with Crippen LogP contribution in [0.5, 0.6) is 0 Å². The fourth-order valence-electron chi connectivity index (χ4n) is 1.06. The van der Waals surface area contributed by atoms with E-state index in [-0.39, 0.29) is 0 Å². The smallest absolute Gasteiger partial charge is 0.0319 e. The van der Waals surface area contributed by atoms with Crippen LogP contribution in [0.2, 0.25) is 0 Å². The standard InChI is InChI=1S/C6H12.C2H6.CH4O/c1-2-4-6-5-3-1;2*1-2/h1-6H2;1-2H3;2H,1H3. The summed E-state index contributed by atoms with van der Waals surface area (Å²) in [5.41, 5.74) is 0. The molecule has 0 spiro atoms. The van der Waals surface area contributed by atoms with Gasteiger partial charge >= 0.3 is 0 Å². The first-order valence-electron chi connectivity index (χ1n) is 4.45. The highest BCUT2D eigenvalue weighted by Crippen LogP contribution is 2.15. The van der Waals surface area contributed by atoms with Crippen LogP contribution in [0, 0.1) is 0 Å². The van der Waals surface area contributed by atoms with Crippen molar-refractivity contribution >= 4 is 0 Å². The molecular weight excluding hydrogens is 124 g/mol. The second-order valence-corrected chi connectivity index (χ2v) is 2.12. The average molecular weight is 146 g/mol. The summed E-state index contributed by atoms with van der Waals surface area (Å²) < 4.78 is 0. The summed E-state index contributed by atoms with van der Waals surface area (Å²) in [6.45, 7) is 4.00. The normalized spacial score (nSPS) is 15.6. The van der Waals surface area contributed by atoms with E-state index >= 15 is 0 Å². The van der Waals surface area contributed by atoms with E-state index in [0.29, 0.717) is 0 Å². The molecule has 0 saturated heterocycles. The van der Waals surface area contributed by atoms with Gasteiger partial charge in [0.05, 0.1) is 0 Å². The predicted molar refractivity (Wildman–Crippen MR) is 47.2 cm³/mol. The monoisotopic (exact) mass is 146 g/mol. The summed E-state index contributed by atoms with van der Waals surface area (Å²) in [6.07, 6.45) is 9.00. The Labute approximate surface area is 65.5 Å². The molecule has 0 amide bonds. The summed E-state index contributed by atoms with van der Waals surface area (Å²) in [7, 11) is 1.00. The van der Waals surface area contributed by atoms with Gasteiger partial charge < -0.3 is 5.11 Å². The van der Waals surface area contributed by atoms with Crippen LogP contribution in [0.3, 0.4) is 0 Å². The zero-order chi connectivity index (χ0) is 8.24. The van der Waals surface area contributed by atoms with E-state index in [0.717, 1.165) is 7.11 Å². The van der Waals surface area contributed by atoms with Crippen LogP contribution in [0.1, 0.15) is 52.4 Å². The fourth-order valence-corrected chi connectivity index (χ4v) is 1.06. The Morgan fingerprint density at radius 1 is 0.600 bits per heavy atom. The highest BCUT2D eigenvalue weighted by atomic mass is 16.2. The van der Waals surface area contributed by atoms with Crippen molar-refractivity contribution in [1.29, 1.82) is 0 Å². The van der Waals surface area contributed by atoms with Gasteiger partial charge in [0.15, 0.2) is 0 Å². The summed E-state index contributed by atoms with van der Waals surface area (Å²) in [5.74, 6) is 0. The second kappa shape index (κ2) is 16.0. The third-order valence-corrected chi connectivity index (χ3v) is 1.50. The van der Waals surface area contributed by atoms with Crippen molar-refractivity contribution in [3.63, 3.8) is 0 Å². The highest BCUT2D eigenvalue weighted by Gasteiger charge is 1.95. The quantitative estimate of drug-likeness (QED) is 0.557. The Hall–Kier alpha value is -0.0400. The van der Waals surface area contributed by atoms with Crippen molar-refractivity contribution < 1.29 is 5.11 Å². The predicted octanol–water partition coefficient (Wildman–Crippen LogP) is 2.98. The molecule has 64 valence electrons. The van der Waals surface area contributed by atoms with Crippen LogP contribution in [-0.4, -0.2) is 12.2 Å². The van der Waals surface area contributed by atoms with Crippen molar-refractivity contribution in [1.82, 2.24) is 0 Å². The molecule has 0 aromatic carbocycles. The van der Waals surface area contributed by atoms with E-state index in [1.54, 1.807) is 0 Å². The van der Waals surface area contributed by atoms with Crippen molar-refractivity contribution in [3.8, 4) is 0 Å². The molecule has 0 bridgehead atoms. The first kappa shape index (κ1) is 12.6. The van der Waals surface area contributed by atoms with E-state index in [9.17, 15) is 0 Å². The van der Waals surface area contributed by atoms with Crippen molar-refractivity contribution in [2.75, 3.05) is 7.11 Å². The Bertz CT molecular complexity index is 20.2. The molecule has 0 aliphatic heterocycles. The lowest BCUT2D eigenvalue weighted by Gasteiger charge is -2.05. The Kier molecular flexibility index (Phi) is 20.2. The molecule has 0 heterocycles. The SMILES string of the molecule is C1CCCCC1.CC.CO. The summed E-state index contributed by atoms with van der Waals surface area (Å²) in [4.78, 5) is 0. The lowest BCUT2D eigenvalue weighted by Crippen LogP contribution is -1.85. The molecule has 1 N–H and O–H groups in total. The summed E-state index contributed by atoms with van der Waals surface area (Å²) in [6, 6.07) is 0. The maximum atomic E-state index is 7.00. The first-order chi connectivity index (χ1) is 5.00. The average Bonchev–Trinajstić information content (AvgIpc) is 2.14. The van der Waals surface area contributed by atoms with Crippen LogP contribution in [0.4, 0.5) is 0 Å². The van der Waals surface area contributed by atoms with Gasteiger partial charge in [0, 0.05) is 7.11 Å². The summed E-state index contributed by atoms with van der Waals surface area (Å²) in [5, 5.41) is 7.00. The molecule has 0 atom stereocenters. The van der Waals surface area contributed by atoms with Gasteiger partial charge in [-0.15, -0.1) is 0 Å². The number of rotatable bonds is 0. The molecule has 0 radical (unpaired) electrons. The van der Waals surface area contributed by atoms with Gasteiger partial charge in [-0.1, -0.05) is 52.4 Å².